The molecule has 0 saturated carbocycles. The number of carboxylic acid groups (broad SMARTS) is 1. The number of methoxy groups -OCH3 is 1. The number of para-hydroxylation sites is 1. The SMILES string of the molecule is COCCc1c(C(=O)O)nnn1-c1ccccc1F. The average molecular weight is 265 g/mol. The quantitative estimate of drug-likeness (QED) is 0.881. The van der Waals surface area contributed by atoms with Crippen molar-refractivity contribution < 1.29 is 19.0 Å². The fourth-order valence-corrected chi connectivity index (χ4v) is 1.71. The summed E-state index contributed by atoms with van der Waals surface area (Å²) in [6.45, 7) is 0.294. The van der Waals surface area contributed by atoms with Crippen molar-refractivity contribution in [3.05, 3.63) is 41.5 Å². The third-order valence-corrected chi connectivity index (χ3v) is 2.59. The van der Waals surface area contributed by atoms with E-state index < -0.39 is 11.8 Å². The summed E-state index contributed by atoms with van der Waals surface area (Å²) in [4.78, 5) is 11.1. The zero-order chi connectivity index (χ0) is 13.8. The monoisotopic (exact) mass is 265 g/mol. The Hall–Kier alpha value is -2.28. The van der Waals surface area contributed by atoms with Crippen molar-refractivity contribution in [2.45, 2.75) is 6.42 Å². The number of hydrogen-bond acceptors (Lipinski definition) is 4. The van der Waals surface area contributed by atoms with Crippen LogP contribution in [0, 0.1) is 5.82 Å². The summed E-state index contributed by atoms with van der Waals surface area (Å²) >= 11 is 0. The number of nitrogens with zero attached hydrogens (tertiary/aromatic N) is 3. The van der Waals surface area contributed by atoms with E-state index in [-0.39, 0.29) is 17.8 Å². The van der Waals surface area contributed by atoms with Gasteiger partial charge in [0.25, 0.3) is 0 Å². The highest BCUT2D eigenvalue weighted by Crippen LogP contribution is 2.16. The van der Waals surface area contributed by atoms with Gasteiger partial charge in [-0.05, 0) is 12.1 Å². The second-order valence-corrected chi connectivity index (χ2v) is 3.80. The normalized spacial score (nSPS) is 10.6. The van der Waals surface area contributed by atoms with Crippen LogP contribution in [0.5, 0.6) is 0 Å². The van der Waals surface area contributed by atoms with Crippen LogP contribution >= 0.6 is 0 Å². The molecule has 0 aliphatic rings. The van der Waals surface area contributed by atoms with Gasteiger partial charge in [0, 0.05) is 13.5 Å². The number of aromatic nitrogens is 3. The van der Waals surface area contributed by atoms with Gasteiger partial charge in [-0.2, -0.15) is 0 Å². The summed E-state index contributed by atoms with van der Waals surface area (Å²) in [5.74, 6) is -1.70. The highest BCUT2D eigenvalue weighted by molar-refractivity contribution is 5.86. The maximum absolute atomic E-state index is 13.7. The number of ether oxygens (including phenoxy) is 1. The zero-order valence-electron chi connectivity index (χ0n) is 10.2. The highest BCUT2D eigenvalue weighted by Gasteiger charge is 2.20. The number of halogens is 1. The van der Waals surface area contributed by atoms with Crippen molar-refractivity contribution in [1.82, 2.24) is 15.0 Å². The van der Waals surface area contributed by atoms with Gasteiger partial charge in [0.2, 0.25) is 0 Å². The smallest absolute Gasteiger partial charge is 0.358 e. The van der Waals surface area contributed by atoms with Gasteiger partial charge >= 0.3 is 5.97 Å². The number of aromatic carboxylic acids is 1. The Kier molecular flexibility index (Phi) is 3.86. The van der Waals surface area contributed by atoms with Crippen LogP contribution in [0.3, 0.4) is 0 Å². The Balaban J connectivity index is 2.51. The Bertz CT molecular complexity index is 598. The molecule has 1 heterocycles. The first-order valence-electron chi connectivity index (χ1n) is 5.57. The number of carboxylic acids is 1. The molecule has 0 bridgehead atoms. The molecule has 1 N–H and O–H groups in total. The van der Waals surface area contributed by atoms with Crippen molar-refractivity contribution in [1.29, 1.82) is 0 Å². The van der Waals surface area contributed by atoms with Crippen LogP contribution in [0.25, 0.3) is 5.69 Å². The molecule has 0 spiro atoms. The molecule has 0 radical (unpaired) electrons. The first-order chi connectivity index (χ1) is 9.15. The largest absolute Gasteiger partial charge is 0.476 e. The molecule has 0 atom stereocenters. The van der Waals surface area contributed by atoms with Crippen molar-refractivity contribution in [2.75, 3.05) is 13.7 Å². The number of hydrogen-bond donors (Lipinski definition) is 1. The summed E-state index contributed by atoms with van der Waals surface area (Å²) in [5, 5.41) is 16.3. The maximum Gasteiger partial charge on any atom is 0.358 e. The third kappa shape index (κ3) is 2.60. The minimum Gasteiger partial charge on any atom is -0.476 e. The Labute approximate surface area is 108 Å². The third-order valence-electron chi connectivity index (χ3n) is 2.59. The Morgan fingerprint density at radius 2 is 2.21 bits per heavy atom. The second-order valence-electron chi connectivity index (χ2n) is 3.80. The number of carbonyl (C=O) groups is 1. The first-order valence-corrected chi connectivity index (χ1v) is 5.57. The summed E-state index contributed by atoms with van der Waals surface area (Å²) in [6.07, 6.45) is 0.277. The van der Waals surface area contributed by atoms with E-state index in [1.165, 1.54) is 23.9 Å². The minimum absolute atomic E-state index is 0.161. The predicted octanol–water partition coefficient (Wildman–Crippen LogP) is 1.29. The van der Waals surface area contributed by atoms with E-state index in [0.29, 0.717) is 12.3 Å². The van der Waals surface area contributed by atoms with E-state index in [1.807, 2.05) is 0 Å². The lowest BCUT2D eigenvalue weighted by Gasteiger charge is -2.07. The topological polar surface area (TPSA) is 77.2 Å². The molecule has 1 aromatic carbocycles. The van der Waals surface area contributed by atoms with Gasteiger partial charge in [-0.15, -0.1) is 5.10 Å². The predicted molar refractivity (Wildman–Crippen MR) is 63.9 cm³/mol. The number of rotatable bonds is 5. The maximum atomic E-state index is 13.7. The van der Waals surface area contributed by atoms with E-state index in [0.717, 1.165) is 0 Å². The van der Waals surface area contributed by atoms with Crippen LogP contribution in [0.15, 0.2) is 24.3 Å². The van der Waals surface area contributed by atoms with E-state index in [2.05, 4.69) is 10.3 Å². The van der Waals surface area contributed by atoms with Crippen LogP contribution < -0.4 is 0 Å². The average Bonchev–Trinajstić information content (AvgIpc) is 2.80. The summed E-state index contributed by atoms with van der Waals surface area (Å²) < 4.78 is 19.8. The van der Waals surface area contributed by atoms with Gasteiger partial charge < -0.3 is 9.84 Å². The molecule has 7 heteroatoms. The van der Waals surface area contributed by atoms with Gasteiger partial charge in [-0.3, -0.25) is 0 Å². The molecular weight excluding hydrogens is 253 g/mol. The Morgan fingerprint density at radius 1 is 1.47 bits per heavy atom. The molecule has 0 amide bonds. The molecule has 0 aliphatic carbocycles. The molecule has 19 heavy (non-hydrogen) atoms. The van der Waals surface area contributed by atoms with Crippen molar-refractivity contribution in [3.63, 3.8) is 0 Å². The lowest BCUT2D eigenvalue weighted by molar-refractivity contribution is 0.0688. The van der Waals surface area contributed by atoms with Crippen molar-refractivity contribution in [3.8, 4) is 5.69 Å². The van der Waals surface area contributed by atoms with Crippen molar-refractivity contribution >= 4 is 5.97 Å². The van der Waals surface area contributed by atoms with E-state index in [4.69, 9.17) is 9.84 Å². The minimum atomic E-state index is -1.20. The first kappa shape index (κ1) is 13.2. The molecule has 0 aliphatic heterocycles. The zero-order valence-corrected chi connectivity index (χ0v) is 10.2. The molecule has 0 fully saturated rings. The van der Waals surface area contributed by atoms with Gasteiger partial charge in [0.15, 0.2) is 5.69 Å². The number of benzene rings is 1. The highest BCUT2D eigenvalue weighted by atomic mass is 19.1. The fourth-order valence-electron chi connectivity index (χ4n) is 1.71. The molecule has 2 rings (SSSR count). The second kappa shape index (κ2) is 5.57. The van der Waals surface area contributed by atoms with E-state index >= 15 is 0 Å². The van der Waals surface area contributed by atoms with Gasteiger partial charge in [-0.25, -0.2) is 13.9 Å². The molecule has 0 saturated heterocycles. The standard InChI is InChI=1S/C12H12FN3O3/c1-19-7-6-10-11(12(17)18)14-15-16(10)9-5-3-2-4-8(9)13/h2-5H,6-7H2,1H3,(H,17,18). The fraction of sp³-hybridized carbons (Fsp3) is 0.250. The van der Waals surface area contributed by atoms with Crippen LogP contribution in [-0.4, -0.2) is 39.8 Å². The summed E-state index contributed by atoms with van der Waals surface area (Å²) in [5.41, 5.74) is 0.272. The molecular formula is C12H12FN3O3. The van der Waals surface area contributed by atoms with Gasteiger partial charge in [0.05, 0.1) is 12.3 Å². The van der Waals surface area contributed by atoms with Gasteiger partial charge in [-0.1, -0.05) is 17.3 Å². The van der Waals surface area contributed by atoms with E-state index in [1.54, 1.807) is 12.1 Å². The lowest BCUT2D eigenvalue weighted by Crippen LogP contribution is -2.10. The summed E-state index contributed by atoms with van der Waals surface area (Å²) in [6, 6.07) is 5.97. The van der Waals surface area contributed by atoms with E-state index in [9.17, 15) is 9.18 Å². The molecule has 100 valence electrons. The van der Waals surface area contributed by atoms with Crippen LogP contribution in [0.4, 0.5) is 4.39 Å². The van der Waals surface area contributed by atoms with Crippen molar-refractivity contribution in [2.24, 2.45) is 0 Å². The van der Waals surface area contributed by atoms with Crippen LogP contribution in [0.1, 0.15) is 16.2 Å². The lowest BCUT2D eigenvalue weighted by atomic mass is 10.2. The van der Waals surface area contributed by atoms with Crippen LogP contribution in [0.2, 0.25) is 0 Å². The van der Waals surface area contributed by atoms with Gasteiger partial charge in [0.1, 0.15) is 11.5 Å². The van der Waals surface area contributed by atoms with Crippen LogP contribution in [-0.2, 0) is 11.2 Å². The summed E-state index contributed by atoms with van der Waals surface area (Å²) in [7, 11) is 1.50. The molecule has 2 aromatic rings. The Morgan fingerprint density at radius 3 is 2.84 bits per heavy atom. The molecule has 0 unspecified atom stereocenters. The molecule has 6 nitrogen and oxygen atoms in total. The molecule has 1 aromatic heterocycles.